The van der Waals surface area contributed by atoms with Crippen LogP contribution in [0.1, 0.15) is 24.3 Å². The molecule has 0 saturated carbocycles. The second-order valence-corrected chi connectivity index (χ2v) is 6.43. The Morgan fingerprint density at radius 3 is 2.86 bits per heavy atom. The highest BCUT2D eigenvalue weighted by Gasteiger charge is 2.13. The van der Waals surface area contributed by atoms with E-state index in [0.29, 0.717) is 24.0 Å². The number of aromatic nitrogens is 1. The third-order valence-corrected chi connectivity index (χ3v) is 4.22. The molecule has 0 spiro atoms. The fourth-order valence-electron chi connectivity index (χ4n) is 2.03. The second-order valence-electron chi connectivity index (χ2n) is 5.39. The molecule has 114 valence electrons. The van der Waals surface area contributed by atoms with Gasteiger partial charge in [0, 0.05) is 42.8 Å². The summed E-state index contributed by atoms with van der Waals surface area (Å²) in [6.07, 6.45) is 2.58. The lowest BCUT2D eigenvalue weighted by atomic mass is 10.2. The maximum absolute atomic E-state index is 14.5. The largest absolute Gasteiger partial charge is 0.357 e. The Labute approximate surface area is 129 Å². The van der Waals surface area contributed by atoms with E-state index in [9.17, 15) is 4.39 Å². The minimum atomic E-state index is -0.223. The maximum atomic E-state index is 14.5. The van der Waals surface area contributed by atoms with Crippen LogP contribution < -0.4 is 10.2 Å². The first kappa shape index (κ1) is 15.9. The van der Waals surface area contributed by atoms with Gasteiger partial charge in [-0.15, -0.1) is 11.3 Å². The average molecular weight is 307 g/mol. The van der Waals surface area contributed by atoms with Gasteiger partial charge in [0.25, 0.3) is 0 Å². The summed E-state index contributed by atoms with van der Waals surface area (Å²) >= 11 is 1.73. The summed E-state index contributed by atoms with van der Waals surface area (Å²) in [6.45, 7) is 5.38. The zero-order chi connectivity index (χ0) is 15.2. The van der Waals surface area contributed by atoms with Crippen LogP contribution >= 0.6 is 11.3 Å². The van der Waals surface area contributed by atoms with Gasteiger partial charge in [-0.3, -0.25) is 0 Å². The van der Waals surface area contributed by atoms with Gasteiger partial charge in [-0.05, 0) is 23.9 Å². The van der Waals surface area contributed by atoms with Crippen molar-refractivity contribution in [3.8, 4) is 0 Å². The van der Waals surface area contributed by atoms with E-state index in [2.05, 4.69) is 21.7 Å². The van der Waals surface area contributed by atoms with Gasteiger partial charge in [-0.2, -0.15) is 0 Å². The molecule has 2 rings (SSSR count). The smallest absolute Gasteiger partial charge is 0.170 e. The molecule has 0 aliphatic rings. The van der Waals surface area contributed by atoms with Crippen molar-refractivity contribution in [2.75, 3.05) is 18.5 Å². The molecule has 3 nitrogen and oxygen atoms in total. The predicted molar refractivity (Wildman–Crippen MR) is 87.5 cm³/mol. The van der Waals surface area contributed by atoms with Crippen molar-refractivity contribution in [2.24, 2.45) is 0 Å². The van der Waals surface area contributed by atoms with E-state index in [0.717, 1.165) is 13.0 Å². The third kappa shape index (κ3) is 4.51. The Hall–Kier alpha value is -1.46. The van der Waals surface area contributed by atoms with E-state index in [4.69, 9.17) is 0 Å². The maximum Gasteiger partial charge on any atom is 0.170 e. The van der Waals surface area contributed by atoms with Gasteiger partial charge < -0.3 is 10.2 Å². The van der Waals surface area contributed by atoms with Gasteiger partial charge in [0.05, 0.1) is 0 Å². The standard InChI is InChI=1S/C16H22FN3S/c1-12(2)19-11-13-6-8-18-16(15(13)17)20(3)9-7-14-5-4-10-21-14/h4-6,8,10,12,19H,7,9,11H2,1-3H3. The summed E-state index contributed by atoms with van der Waals surface area (Å²) in [6, 6.07) is 6.21. The fourth-order valence-corrected chi connectivity index (χ4v) is 2.72. The van der Waals surface area contributed by atoms with Crippen LogP contribution in [0, 0.1) is 5.82 Å². The van der Waals surface area contributed by atoms with Gasteiger partial charge in [0.15, 0.2) is 11.6 Å². The summed E-state index contributed by atoms with van der Waals surface area (Å²) < 4.78 is 14.5. The number of likely N-dealkylation sites (N-methyl/N-ethyl adjacent to an activating group) is 1. The van der Waals surface area contributed by atoms with Gasteiger partial charge in [0.1, 0.15) is 0 Å². The molecule has 5 heteroatoms. The Morgan fingerprint density at radius 2 is 2.19 bits per heavy atom. The summed E-state index contributed by atoms with van der Waals surface area (Å²) in [4.78, 5) is 7.38. The van der Waals surface area contributed by atoms with Crippen LogP contribution in [0.3, 0.4) is 0 Å². The zero-order valence-electron chi connectivity index (χ0n) is 12.8. The van der Waals surface area contributed by atoms with Crippen molar-refractivity contribution < 1.29 is 4.39 Å². The fraction of sp³-hybridized carbons (Fsp3) is 0.438. The molecule has 0 atom stereocenters. The molecular weight excluding hydrogens is 285 g/mol. The van der Waals surface area contributed by atoms with Crippen LogP contribution in [0.25, 0.3) is 0 Å². The predicted octanol–water partition coefficient (Wildman–Crippen LogP) is 3.46. The molecule has 0 aliphatic carbocycles. The van der Waals surface area contributed by atoms with Gasteiger partial charge in [-0.25, -0.2) is 9.37 Å². The number of nitrogens with zero attached hydrogens (tertiary/aromatic N) is 2. The summed E-state index contributed by atoms with van der Waals surface area (Å²) in [5.41, 5.74) is 0.664. The minimum Gasteiger partial charge on any atom is -0.357 e. The molecule has 0 bridgehead atoms. The second kappa shape index (κ2) is 7.52. The van der Waals surface area contributed by atoms with E-state index >= 15 is 0 Å². The zero-order valence-corrected chi connectivity index (χ0v) is 13.6. The lowest BCUT2D eigenvalue weighted by molar-refractivity contribution is 0.548. The molecule has 1 N–H and O–H groups in total. The molecule has 0 aliphatic heterocycles. The van der Waals surface area contributed by atoms with E-state index in [-0.39, 0.29) is 5.82 Å². The topological polar surface area (TPSA) is 28.2 Å². The van der Waals surface area contributed by atoms with Crippen molar-refractivity contribution >= 4 is 17.2 Å². The molecule has 0 aromatic carbocycles. The highest BCUT2D eigenvalue weighted by Crippen LogP contribution is 2.19. The van der Waals surface area contributed by atoms with Gasteiger partial charge in [-0.1, -0.05) is 19.9 Å². The van der Waals surface area contributed by atoms with E-state index in [1.807, 2.05) is 31.9 Å². The van der Waals surface area contributed by atoms with Crippen LogP contribution in [-0.4, -0.2) is 24.6 Å². The molecule has 0 saturated heterocycles. The van der Waals surface area contributed by atoms with E-state index in [1.165, 1.54) is 4.88 Å². The molecule has 0 radical (unpaired) electrons. The number of thiophene rings is 1. The van der Waals surface area contributed by atoms with Crippen molar-refractivity contribution in [1.82, 2.24) is 10.3 Å². The number of hydrogen-bond acceptors (Lipinski definition) is 4. The van der Waals surface area contributed by atoms with E-state index < -0.39 is 0 Å². The van der Waals surface area contributed by atoms with E-state index in [1.54, 1.807) is 23.6 Å². The van der Waals surface area contributed by atoms with Crippen LogP contribution in [0.4, 0.5) is 10.2 Å². The van der Waals surface area contributed by atoms with Crippen LogP contribution in [0.2, 0.25) is 0 Å². The molecule has 2 heterocycles. The first-order chi connectivity index (χ1) is 10.1. The summed E-state index contributed by atoms with van der Waals surface area (Å²) in [5.74, 6) is 0.203. The first-order valence-electron chi connectivity index (χ1n) is 7.18. The van der Waals surface area contributed by atoms with Crippen LogP contribution in [0.15, 0.2) is 29.8 Å². The van der Waals surface area contributed by atoms with Crippen molar-refractivity contribution in [3.05, 3.63) is 46.0 Å². The summed E-state index contributed by atoms with van der Waals surface area (Å²) in [7, 11) is 1.89. The Bertz CT molecular complexity index is 555. The number of pyridine rings is 1. The number of halogens is 1. The lowest BCUT2D eigenvalue weighted by Gasteiger charge is -2.20. The Balaban J connectivity index is 2.02. The Morgan fingerprint density at radius 1 is 1.38 bits per heavy atom. The molecule has 0 fully saturated rings. The Kier molecular flexibility index (Phi) is 5.70. The molecule has 2 aromatic rings. The SMILES string of the molecule is CC(C)NCc1ccnc(N(C)CCc2cccs2)c1F. The van der Waals surface area contributed by atoms with Gasteiger partial charge in [0.2, 0.25) is 0 Å². The number of rotatable bonds is 7. The molecule has 2 aromatic heterocycles. The quantitative estimate of drug-likeness (QED) is 0.849. The van der Waals surface area contributed by atoms with Crippen LogP contribution in [0.5, 0.6) is 0 Å². The number of hydrogen-bond donors (Lipinski definition) is 1. The molecular formula is C16H22FN3S. The normalized spacial score (nSPS) is 11.1. The van der Waals surface area contributed by atoms with Crippen molar-refractivity contribution in [2.45, 2.75) is 32.9 Å². The van der Waals surface area contributed by atoms with Gasteiger partial charge >= 0.3 is 0 Å². The molecule has 0 amide bonds. The minimum absolute atomic E-state index is 0.223. The highest BCUT2D eigenvalue weighted by molar-refractivity contribution is 7.09. The third-order valence-electron chi connectivity index (χ3n) is 3.29. The van der Waals surface area contributed by atoms with Crippen molar-refractivity contribution in [3.63, 3.8) is 0 Å². The average Bonchev–Trinajstić information content (AvgIpc) is 2.97. The van der Waals surface area contributed by atoms with Crippen molar-refractivity contribution in [1.29, 1.82) is 0 Å². The first-order valence-corrected chi connectivity index (χ1v) is 8.06. The highest BCUT2D eigenvalue weighted by atomic mass is 32.1. The molecule has 0 unspecified atom stereocenters. The monoisotopic (exact) mass is 307 g/mol. The molecule has 21 heavy (non-hydrogen) atoms. The lowest BCUT2D eigenvalue weighted by Crippen LogP contribution is -2.25. The van der Waals surface area contributed by atoms with Crippen LogP contribution in [-0.2, 0) is 13.0 Å². The number of nitrogens with one attached hydrogen (secondary N) is 1. The summed E-state index contributed by atoms with van der Waals surface area (Å²) in [5, 5.41) is 5.30. The number of anilines is 1.